The van der Waals surface area contributed by atoms with Crippen LogP contribution < -0.4 is 5.32 Å². The Morgan fingerprint density at radius 2 is 1.83 bits per heavy atom. The molecule has 2 heteroatoms. The topological polar surface area (TPSA) is 21.3 Å². The third-order valence-electron chi connectivity index (χ3n) is 5.49. The molecule has 4 rings (SSSR count). The Morgan fingerprint density at radius 1 is 1.04 bits per heavy atom. The summed E-state index contributed by atoms with van der Waals surface area (Å²) in [6.45, 7) is 7.70. The standard InChI is InChI=1S/C22H27NO/c1-22(2,3)16-11-12-19-18(14-16)21-17(10-7-13-24-21)20(23-19)15-8-5-4-6-9-15/h4-6,8-9,11-12,14,17,20-21,23H,7,10,13H2,1-3H3/t17-,20+,21?/m0/s1. The van der Waals surface area contributed by atoms with Crippen LogP contribution in [-0.2, 0) is 10.2 Å². The van der Waals surface area contributed by atoms with Gasteiger partial charge in [-0.2, -0.15) is 0 Å². The van der Waals surface area contributed by atoms with Gasteiger partial charge in [0, 0.05) is 23.8 Å². The zero-order valence-electron chi connectivity index (χ0n) is 14.9. The summed E-state index contributed by atoms with van der Waals surface area (Å²) in [7, 11) is 0. The summed E-state index contributed by atoms with van der Waals surface area (Å²) in [6, 6.07) is 18.0. The van der Waals surface area contributed by atoms with Gasteiger partial charge in [-0.1, -0.05) is 63.2 Å². The van der Waals surface area contributed by atoms with Crippen molar-refractivity contribution in [2.45, 2.75) is 51.2 Å². The Bertz CT molecular complexity index is 716. The summed E-state index contributed by atoms with van der Waals surface area (Å²) in [5.74, 6) is 0.504. The van der Waals surface area contributed by atoms with E-state index in [1.807, 2.05) is 0 Å². The van der Waals surface area contributed by atoms with Crippen LogP contribution >= 0.6 is 0 Å². The third kappa shape index (κ3) is 2.73. The van der Waals surface area contributed by atoms with Gasteiger partial charge in [0.15, 0.2) is 0 Å². The average Bonchev–Trinajstić information content (AvgIpc) is 2.60. The van der Waals surface area contributed by atoms with Crippen molar-refractivity contribution in [3.05, 3.63) is 65.2 Å². The largest absolute Gasteiger partial charge is 0.378 e. The summed E-state index contributed by atoms with van der Waals surface area (Å²) in [6.07, 6.45) is 2.58. The Labute approximate surface area is 145 Å². The molecular formula is C22H27NO. The molecule has 0 aliphatic carbocycles. The van der Waals surface area contributed by atoms with Gasteiger partial charge in [-0.15, -0.1) is 0 Å². The summed E-state index contributed by atoms with van der Waals surface area (Å²) in [5, 5.41) is 3.81. The van der Waals surface area contributed by atoms with Crippen LogP contribution in [0.25, 0.3) is 0 Å². The van der Waals surface area contributed by atoms with Gasteiger partial charge in [0.25, 0.3) is 0 Å². The van der Waals surface area contributed by atoms with Crippen molar-refractivity contribution in [3.63, 3.8) is 0 Å². The molecule has 0 bridgehead atoms. The molecule has 1 fully saturated rings. The molecule has 2 aliphatic heterocycles. The fraction of sp³-hybridized carbons (Fsp3) is 0.455. The highest BCUT2D eigenvalue weighted by atomic mass is 16.5. The summed E-state index contributed by atoms with van der Waals surface area (Å²) in [5.41, 5.74) is 5.49. The Hall–Kier alpha value is -1.80. The van der Waals surface area contributed by atoms with Gasteiger partial charge in [0.1, 0.15) is 0 Å². The molecule has 1 saturated heterocycles. The van der Waals surface area contributed by atoms with Crippen molar-refractivity contribution in [1.29, 1.82) is 0 Å². The molecule has 0 saturated carbocycles. The first-order chi connectivity index (χ1) is 11.5. The highest BCUT2D eigenvalue weighted by molar-refractivity contribution is 5.59. The normalized spacial score (nSPS) is 26.2. The van der Waals surface area contributed by atoms with E-state index in [1.54, 1.807) is 0 Å². The smallest absolute Gasteiger partial charge is 0.0895 e. The van der Waals surface area contributed by atoms with Crippen LogP contribution in [0, 0.1) is 5.92 Å². The summed E-state index contributed by atoms with van der Waals surface area (Å²) < 4.78 is 6.29. The second-order valence-electron chi connectivity index (χ2n) is 8.18. The van der Waals surface area contributed by atoms with Gasteiger partial charge in [0.05, 0.1) is 12.1 Å². The van der Waals surface area contributed by atoms with E-state index in [1.165, 1.54) is 28.8 Å². The van der Waals surface area contributed by atoms with Gasteiger partial charge >= 0.3 is 0 Å². The molecule has 2 nitrogen and oxygen atoms in total. The van der Waals surface area contributed by atoms with Crippen molar-refractivity contribution >= 4 is 5.69 Å². The molecule has 2 heterocycles. The van der Waals surface area contributed by atoms with E-state index in [0.29, 0.717) is 12.0 Å². The quantitative estimate of drug-likeness (QED) is 0.736. The van der Waals surface area contributed by atoms with Gasteiger partial charge in [-0.25, -0.2) is 0 Å². The first-order valence-electron chi connectivity index (χ1n) is 9.11. The lowest BCUT2D eigenvalue weighted by Crippen LogP contribution is -2.36. The van der Waals surface area contributed by atoms with Gasteiger partial charge in [-0.05, 0) is 35.4 Å². The lowest BCUT2D eigenvalue weighted by Gasteiger charge is -2.44. The molecule has 2 aliphatic rings. The number of hydrogen-bond donors (Lipinski definition) is 1. The monoisotopic (exact) mass is 321 g/mol. The minimum absolute atomic E-state index is 0.162. The molecule has 0 radical (unpaired) electrons. The van der Waals surface area contributed by atoms with Crippen molar-refractivity contribution in [2.75, 3.05) is 11.9 Å². The van der Waals surface area contributed by atoms with Crippen LogP contribution in [0.2, 0.25) is 0 Å². The summed E-state index contributed by atoms with van der Waals surface area (Å²) in [4.78, 5) is 0. The van der Waals surface area contributed by atoms with Crippen molar-refractivity contribution < 1.29 is 4.74 Å². The van der Waals surface area contributed by atoms with E-state index in [-0.39, 0.29) is 11.5 Å². The minimum Gasteiger partial charge on any atom is -0.378 e. The fourth-order valence-electron chi connectivity index (χ4n) is 4.13. The second-order valence-corrected chi connectivity index (χ2v) is 8.18. The molecule has 1 unspecified atom stereocenters. The number of nitrogens with one attached hydrogen (secondary N) is 1. The molecule has 2 aromatic carbocycles. The SMILES string of the molecule is CC(C)(C)c1ccc2c(c1)C1OCCC[C@H]1[C@@H](c1ccccc1)N2. The Balaban J connectivity index is 1.77. The van der Waals surface area contributed by atoms with Crippen LogP contribution in [0.15, 0.2) is 48.5 Å². The lowest BCUT2D eigenvalue weighted by atomic mass is 9.76. The van der Waals surface area contributed by atoms with Crippen LogP contribution in [0.1, 0.15) is 62.4 Å². The minimum atomic E-state index is 0.162. The number of rotatable bonds is 1. The molecule has 24 heavy (non-hydrogen) atoms. The maximum Gasteiger partial charge on any atom is 0.0895 e. The number of benzene rings is 2. The first kappa shape index (κ1) is 15.7. The lowest BCUT2D eigenvalue weighted by molar-refractivity contribution is -0.0382. The molecule has 2 aromatic rings. The predicted octanol–water partition coefficient (Wildman–Crippen LogP) is 5.62. The molecule has 0 spiro atoms. The van der Waals surface area contributed by atoms with Crippen LogP contribution in [0.4, 0.5) is 5.69 Å². The van der Waals surface area contributed by atoms with E-state index >= 15 is 0 Å². The van der Waals surface area contributed by atoms with Crippen LogP contribution in [0.3, 0.4) is 0 Å². The molecule has 0 aromatic heterocycles. The maximum atomic E-state index is 6.29. The number of anilines is 1. The first-order valence-corrected chi connectivity index (χ1v) is 9.11. The fourth-order valence-corrected chi connectivity index (χ4v) is 4.13. The van der Waals surface area contributed by atoms with Crippen molar-refractivity contribution in [3.8, 4) is 0 Å². The average molecular weight is 321 g/mol. The van der Waals surface area contributed by atoms with E-state index in [0.717, 1.165) is 13.0 Å². The Morgan fingerprint density at radius 3 is 2.58 bits per heavy atom. The van der Waals surface area contributed by atoms with E-state index in [4.69, 9.17) is 4.74 Å². The Kier molecular flexibility index (Phi) is 3.88. The zero-order chi connectivity index (χ0) is 16.7. The van der Waals surface area contributed by atoms with Gasteiger partial charge in [-0.3, -0.25) is 0 Å². The molecule has 3 atom stereocenters. The molecule has 126 valence electrons. The van der Waals surface area contributed by atoms with E-state index in [2.05, 4.69) is 74.6 Å². The van der Waals surface area contributed by atoms with Crippen molar-refractivity contribution in [2.24, 2.45) is 5.92 Å². The molecule has 1 N–H and O–H groups in total. The molecule has 0 amide bonds. The van der Waals surface area contributed by atoms with Crippen LogP contribution in [-0.4, -0.2) is 6.61 Å². The highest BCUT2D eigenvalue weighted by Gasteiger charge is 2.40. The third-order valence-corrected chi connectivity index (χ3v) is 5.49. The van der Waals surface area contributed by atoms with Gasteiger partial charge < -0.3 is 10.1 Å². The van der Waals surface area contributed by atoms with Crippen molar-refractivity contribution in [1.82, 2.24) is 0 Å². The van der Waals surface area contributed by atoms with E-state index < -0.39 is 0 Å². The zero-order valence-corrected chi connectivity index (χ0v) is 14.9. The highest BCUT2D eigenvalue weighted by Crippen LogP contribution is 2.49. The van der Waals surface area contributed by atoms with Crippen LogP contribution in [0.5, 0.6) is 0 Å². The van der Waals surface area contributed by atoms with E-state index in [9.17, 15) is 0 Å². The van der Waals surface area contributed by atoms with Gasteiger partial charge in [0.2, 0.25) is 0 Å². The number of fused-ring (bicyclic) bond motifs is 3. The second kappa shape index (κ2) is 5.93. The summed E-state index contributed by atoms with van der Waals surface area (Å²) >= 11 is 0. The number of ether oxygens (including phenoxy) is 1. The maximum absolute atomic E-state index is 6.29. The molecular weight excluding hydrogens is 294 g/mol. The number of hydrogen-bond acceptors (Lipinski definition) is 2. The predicted molar refractivity (Wildman–Crippen MR) is 99.4 cm³/mol.